The van der Waals surface area contributed by atoms with Gasteiger partial charge in [0.05, 0.1) is 0 Å². The Balaban J connectivity index is 1.86. The van der Waals surface area contributed by atoms with Crippen LogP contribution in [0, 0.1) is 0 Å². The predicted octanol–water partition coefficient (Wildman–Crippen LogP) is 3.17. The molecule has 0 spiro atoms. The molecule has 1 saturated heterocycles. The van der Waals surface area contributed by atoms with Crippen LogP contribution in [-0.4, -0.2) is 24.5 Å². The van der Waals surface area contributed by atoms with E-state index in [-0.39, 0.29) is 0 Å². The molecule has 0 amide bonds. The van der Waals surface area contributed by atoms with E-state index in [1.165, 1.54) is 32.2 Å². The summed E-state index contributed by atoms with van der Waals surface area (Å²) in [6.07, 6.45) is 7.77. The van der Waals surface area contributed by atoms with Crippen LogP contribution in [0.5, 0.6) is 0 Å². The molecule has 80 valence electrons. The zero-order chi connectivity index (χ0) is 10.3. The van der Waals surface area contributed by atoms with Gasteiger partial charge in [-0.2, -0.15) is 0 Å². The molecule has 1 fully saturated rings. The molecule has 1 aliphatic heterocycles. The standard InChI is InChI=1S/C13H17NS/c1-14-7-2-3-11(14)9-10-4-5-13-12(10)6-8-15-13/h6,8-9,11H,2-5,7H2,1H3/b10-9+. The first-order valence-corrected chi connectivity index (χ1v) is 6.70. The van der Waals surface area contributed by atoms with Crippen molar-refractivity contribution in [2.75, 3.05) is 13.6 Å². The topological polar surface area (TPSA) is 3.24 Å². The fourth-order valence-corrected chi connectivity index (χ4v) is 3.67. The lowest BCUT2D eigenvalue weighted by Gasteiger charge is -2.16. The van der Waals surface area contributed by atoms with Gasteiger partial charge in [0.1, 0.15) is 0 Å². The van der Waals surface area contributed by atoms with Crippen LogP contribution in [0.25, 0.3) is 5.57 Å². The molecule has 3 rings (SSSR count). The molecule has 2 aliphatic rings. The van der Waals surface area contributed by atoms with Gasteiger partial charge in [0.15, 0.2) is 0 Å². The quantitative estimate of drug-likeness (QED) is 0.701. The minimum absolute atomic E-state index is 0.700. The van der Waals surface area contributed by atoms with Crippen LogP contribution in [0.4, 0.5) is 0 Å². The van der Waals surface area contributed by atoms with Gasteiger partial charge in [0.25, 0.3) is 0 Å². The van der Waals surface area contributed by atoms with E-state index in [0.717, 1.165) is 0 Å². The zero-order valence-electron chi connectivity index (χ0n) is 9.20. The molecule has 1 atom stereocenters. The van der Waals surface area contributed by atoms with Crippen molar-refractivity contribution in [1.29, 1.82) is 0 Å². The van der Waals surface area contributed by atoms with Crippen molar-refractivity contribution >= 4 is 16.9 Å². The highest BCUT2D eigenvalue weighted by Crippen LogP contribution is 2.36. The Kier molecular flexibility index (Phi) is 2.41. The highest BCUT2D eigenvalue weighted by molar-refractivity contribution is 7.10. The smallest absolute Gasteiger partial charge is 0.0281 e. The van der Waals surface area contributed by atoms with E-state index >= 15 is 0 Å². The van der Waals surface area contributed by atoms with Gasteiger partial charge in [-0.25, -0.2) is 0 Å². The number of rotatable bonds is 1. The Morgan fingerprint density at radius 1 is 1.47 bits per heavy atom. The fourth-order valence-electron chi connectivity index (χ4n) is 2.76. The molecule has 2 heterocycles. The van der Waals surface area contributed by atoms with Gasteiger partial charge in [-0.3, -0.25) is 4.90 Å². The van der Waals surface area contributed by atoms with E-state index < -0.39 is 0 Å². The number of likely N-dealkylation sites (tertiary alicyclic amines) is 1. The SMILES string of the molecule is CN1CCCC1/C=C1\CCc2sccc21. The number of hydrogen-bond donors (Lipinski definition) is 0. The number of hydrogen-bond acceptors (Lipinski definition) is 2. The molecule has 0 bridgehead atoms. The molecule has 0 radical (unpaired) electrons. The lowest BCUT2D eigenvalue weighted by Crippen LogP contribution is -2.22. The lowest BCUT2D eigenvalue weighted by atomic mass is 10.1. The third-order valence-corrected chi connectivity index (χ3v) is 4.66. The summed E-state index contributed by atoms with van der Waals surface area (Å²) in [5.41, 5.74) is 3.14. The number of allylic oxidation sites excluding steroid dienone is 1. The van der Waals surface area contributed by atoms with E-state index in [2.05, 4.69) is 29.5 Å². The number of fused-ring (bicyclic) bond motifs is 1. The van der Waals surface area contributed by atoms with Gasteiger partial charge in [0.2, 0.25) is 0 Å². The summed E-state index contributed by atoms with van der Waals surface area (Å²) in [5.74, 6) is 0. The Morgan fingerprint density at radius 3 is 3.20 bits per heavy atom. The van der Waals surface area contributed by atoms with Gasteiger partial charge in [0, 0.05) is 10.9 Å². The summed E-state index contributed by atoms with van der Waals surface area (Å²) in [5, 5.41) is 2.23. The number of thiophene rings is 1. The molecule has 1 aliphatic carbocycles. The van der Waals surface area contributed by atoms with E-state index in [1.54, 1.807) is 16.0 Å². The molecule has 1 nitrogen and oxygen atoms in total. The Bertz CT molecular complexity index is 391. The van der Waals surface area contributed by atoms with Crippen LogP contribution < -0.4 is 0 Å². The van der Waals surface area contributed by atoms with Crippen LogP contribution >= 0.6 is 11.3 Å². The first kappa shape index (κ1) is 9.61. The summed E-state index contributed by atoms with van der Waals surface area (Å²) >= 11 is 1.92. The van der Waals surface area contributed by atoms with Crippen LogP contribution in [0.15, 0.2) is 17.5 Å². The minimum atomic E-state index is 0.700. The molecule has 1 unspecified atom stereocenters. The third-order valence-electron chi connectivity index (χ3n) is 3.68. The van der Waals surface area contributed by atoms with Gasteiger partial charge >= 0.3 is 0 Å². The normalized spacial score (nSPS) is 28.9. The molecule has 2 heteroatoms. The van der Waals surface area contributed by atoms with E-state index in [9.17, 15) is 0 Å². The number of likely N-dealkylation sites (N-methyl/N-ethyl adjacent to an activating group) is 1. The molecule has 1 aromatic rings. The van der Waals surface area contributed by atoms with Crippen molar-refractivity contribution in [3.63, 3.8) is 0 Å². The molecule has 1 aromatic heterocycles. The highest BCUT2D eigenvalue weighted by atomic mass is 32.1. The van der Waals surface area contributed by atoms with Gasteiger partial charge in [-0.05, 0) is 61.9 Å². The highest BCUT2D eigenvalue weighted by Gasteiger charge is 2.22. The second-order valence-electron chi connectivity index (χ2n) is 4.64. The van der Waals surface area contributed by atoms with E-state index in [4.69, 9.17) is 0 Å². The predicted molar refractivity (Wildman–Crippen MR) is 66.3 cm³/mol. The Morgan fingerprint density at radius 2 is 2.40 bits per heavy atom. The van der Waals surface area contributed by atoms with Crippen LogP contribution in [0.1, 0.15) is 29.7 Å². The van der Waals surface area contributed by atoms with Crippen molar-refractivity contribution in [2.24, 2.45) is 0 Å². The summed E-state index contributed by atoms with van der Waals surface area (Å²) in [7, 11) is 2.25. The fraction of sp³-hybridized carbons (Fsp3) is 0.538. The molecule has 0 aromatic carbocycles. The Hall–Kier alpha value is -0.600. The van der Waals surface area contributed by atoms with Gasteiger partial charge in [-0.1, -0.05) is 6.08 Å². The van der Waals surface area contributed by atoms with E-state index in [1.807, 2.05) is 11.3 Å². The third kappa shape index (κ3) is 1.66. The summed E-state index contributed by atoms with van der Waals surface area (Å²) < 4.78 is 0. The van der Waals surface area contributed by atoms with Gasteiger partial charge < -0.3 is 0 Å². The number of nitrogens with zero attached hydrogens (tertiary/aromatic N) is 1. The molecule has 0 saturated carbocycles. The van der Waals surface area contributed by atoms with Crippen molar-refractivity contribution in [1.82, 2.24) is 4.90 Å². The van der Waals surface area contributed by atoms with Crippen molar-refractivity contribution < 1.29 is 0 Å². The van der Waals surface area contributed by atoms with E-state index in [0.29, 0.717) is 6.04 Å². The zero-order valence-corrected chi connectivity index (χ0v) is 10.0. The average molecular weight is 219 g/mol. The van der Waals surface area contributed by atoms with Gasteiger partial charge in [-0.15, -0.1) is 11.3 Å². The average Bonchev–Trinajstić information content (AvgIpc) is 2.86. The number of aryl methyl sites for hydroxylation is 1. The van der Waals surface area contributed by atoms with Crippen LogP contribution in [0.3, 0.4) is 0 Å². The maximum absolute atomic E-state index is 2.52. The summed E-state index contributed by atoms with van der Waals surface area (Å²) in [6, 6.07) is 3.00. The maximum Gasteiger partial charge on any atom is 0.0281 e. The van der Waals surface area contributed by atoms with Crippen molar-refractivity contribution in [3.05, 3.63) is 28.0 Å². The summed E-state index contributed by atoms with van der Waals surface area (Å²) in [6.45, 7) is 1.27. The van der Waals surface area contributed by atoms with Crippen LogP contribution in [-0.2, 0) is 6.42 Å². The largest absolute Gasteiger partial charge is 0.300 e. The molecule has 15 heavy (non-hydrogen) atoms. The second kappa shape index (κ2) is 3.76. The second-order valence-corrected chi connectivity index (χ2v) is 5.64. The minimum Gasteiger partial charge on any atom is -0.300 e. The maximum atomic E-state index is 2.52. The summed E-state index contributed by atoms with van der Waals surface area (Å²) in [4.78, 5) is 4.08. The van der Waals surface area contributed by atoms with Crippen LogP contribution in [0.2, 0.25) is 0 Å². The molecular weight excluding hydrogens is 202 g/mol. The first-order chi connectivity index (χ1) is 7.34. The van der Waals surface area contributed by atoms with Crippen molar-refractivity contribution in [3.8, 4) is 0 Å². The first-order valence-electron chi connectivity index (χ1n) is 5.82. The Labute approximate surface area is 95.4 Å². The molecular formula is C13H17NS. The lowest BCUT2D eigenvalue weighted by molar-refractivity contribution is 0.357. The van der Waals surface area contributed by atoms with Crippen molar-refractivity contribution in [2.45, 2.75) is 31.7 Å². The molecule has 0 N–H and O–H groups in total. The monoisotopic (exact) mass is 219 g/mol.